The average Bonchev–Trinajstić information content (AvgIpc) is 2.37. The van der Waals surface area contributed by atoms with Gasteiger partial charge in [0.15, 0.2) is 0 Å². The summed E-state index contributed by atoms with van der Waals surface area (Å²) in [6.07, 6.45) is 0. The van der Waals surface area contributed by atoms with E-state index in [4.69, 9.17) is 0 Å². The summed E-state index contributed by atoms with van der Waals surface area (Å²) in [5.41, 5.74) is 0.337. The van der Waals surface area contributed by atoms with E-state index in [1.807, 2.05) is 0 Å². The van der Waals surface area contributed by atoms with Gasteiger partial charge < -0.3 is 5.32 Å². The van der Waals surface area contributed by atoms with E-state index in [-0.39, 0.29) is 29.8 Å². The van der Waals surface area contributed by atoms with Crippen molar-refractivity contribution in [2.75, 3.05) is 13.1 Å². The van der Waals surface area contributed by atoms with Gasteiger partial charge in [-0.2, -0.15) is 4.31 Å². The number of nitrogens with zero attached hydrogens (tertiary/aromatic N) is 1. The molecule has 1 heterocycles. The van der Waals surface area contributed by atoms with E-state index in [0.29, 0.717) is 5.56 Å². The van der Waals surface area contributed by atoms with Crippen LogP contribution in [-0.2, 0) is 14.8 Å². The van der Waals surface area contributed by atoms with Crippen molar-refractivity contribution in [3.8, 4) is 0 Å². The van der Waals surface area contributed by atoms with Crippen LogP contribution in [0.15, 0.2) is 23.1 Å². The van der Waals surface area contributed by atoms with Crippen LogP contribution in [0.3, 0.4) is 0 Å². The molecule has 0 bridgehead atoms. The Morgan fingerprint density at radius 2 is 2.05 bits per heavy atom. The molecule has 1 aliphatic rings. The van der Waals surface area contributed by atoms with Crippen molar-refractivity contribution >= 4 is 15.9 Å². The number of piperazine rings is 1. The first-order chi connectivity index (χ1) is 9.75. The number of hydrogen-bond donors (Lipinski definition) is 1. The highest BCUT2D eigenvalue weighted by Crippen LogP contribution is 2.26. The lowest BCUT2D eigenvalue weighted by Gasteiger charge is -2.36. The standard InChI is InChI=1S/C14H19FN2O3S/c1-9(2)13-14(18)16-6-7-17(13)21(19,20)12-5-4-11(15)8-10(12)3/h4-5,8-9,13H,6-7H2,1-3H3,(H,16,18). The molecule has 1 saturated heterocycles. The van der Waals surface area contributed by atoms with Gasteiger partial charge in [0.25, 0.3) is 0 Å². The Morgan fingerprint density at radius 1 is 1.38 bits per heavy atom. The zero-order valence-electron chi connectivity index (χ0n) is 12.3. The van der Waals surface area contributed by atoms with E-state index >= 15 is 0 Å². The van der Waals surface area contributed by atoms with Crippen molar-refractivity contribution in [2.24, 2.45) is 5.92 Å². The third-order valence-electron chi connectivity index (χ3n) is 3.57. The maximum atomic E-state index is 13.2. The smallest absolute Gasteiger partial charge is 0.244 e. The summed E-state index contributed by atoms with van der Waals surface area (Å²) in [6.45, 7) is 5.64. The van der Waals surface area contributed by atoms with Crippen LogP contribution < -0.4 is 5.32 Å². The number of benzene rings is 1. The van der Waals surface area contributed by atoms with Crippen LogP contribution >= 0.6 is 0 Å². The number of hydrogen-bond acceptors (Lipinski definition) is 3. The van der Waals surface area contributed by atoms with Crippen molar-refractivity contribution < 1.29 is 17.6 Å². The van der Waals surface area contributed by atoms with Crippen LogP contribution in [0.2, 0.25) is 0 Å². The SMILES string of the molecule is Cc1cc(F)ccc1S(=O)(=O)N1CCNC(=O)C1C(C)C. The molecule has 1 N–H and O–H groups in total. The van der Waals surface area contributed by atoms with E-state index in [2.05, 4.69) is 5.32 Å². The third-order valence-corrected chi connectivity index (χ3v) is 5.61. The molecule has 2 rings (SSSR count). The maximum Gasteiger partial charge on any atom is 0.244 e. The summed E-state index contributed by atoms with van der Waals surface area (Å²) in [6, 6.07) is 2.81. The number of carbonyl (C=O) groups excluding carboxylic acids is 1. The molecule has 0 aromatic heterocycles. The lowest BCUT2D eigenvalue weighted by atomic mass is 10.0. The van der Waals surface area contributed by atoms with E-state index in [0.717, 1.165) is 6.07 Å². The van der Waals surface area contributed by atoms with Crippen LogP contribution in [0.5, 0.6) is 0 Å². The highest BCUT2D eigenvalue weighted by atomic mass is 32.2. The second-order valence-electron chi connectivity index (χ2n) is 5.51. The minimum Gasteiger partial charge on any atom is -0.353 e. The fourth-order valence-corrected chi connectivity index (χ4v) is 4.53. The molecule has 7 heteroatoms. The van der Waals surface area contributed by atoms with Crippen molar-refractivity contribution in [3.63, 3.8) is 0 Å². The highest BCUT2D eigenvalue weighted by Gasteiger charge is 2.40. The molecule has 0 aliphatic carbocycles. The molecular formula is C14H19FN2O3S. The van der Waals surface area contributed by atoms with Gasteiger partial charge in [0.05, 0.1) is 4.90 Å². The van der Waals surface area contributed by atoms with Crippen LogP contribution in [0.4, 0.5) is 4.39 Å². The number of sulfonamides is 1. The largest absolute Gasteiger partial charge is 0.353 e. The molecule has 1 aliphatic heterocycles. The fraction of sp³-hybridized carbons (Fsp3) is 0.500. The van der Waals surface area contributed by atoms with Gasteiger partial charge in [0.2, 0.25) is 15.9 Å². The second-order valence-corrected chi connectivity index (χ2v) is 7.36. The first-order valence-electron chi connectivity index (χ1n) is 6.81. The van der Waals surface area contributed by atoms with Crippen LogP contribution in [0.25, 0.3) is 0 Å². The topological polar surface area (TPSA) is 66.5 Å². The molecule has 0 radical (unpaired) electrons. The molecule has 5 nitrogen and oxygen atoms in total. The molecule has 1 amide bonds. The Kier molecular flexibility index (Phi) is 4.34. The Labute approximate surface area is 124 Å². The van der Waals surface area contributed by atoms with Gasteiger partial charge in [0, 0.05) is 13.1 Å². The second kappa shape index (κ2) is 5.73. The number of nitrogens with one attached hydrogen (secondary N) is 1. The molecule has 1 atom stereocenters. The summed E-state index contributed by atoms with van der Waals surface area (Å²) in [5, 5.41) is 2.69. The predicted octanol–water partition coefficient (Wildman–Crippen LogP) is 1.28. The summed E-state index contributed by atoms with van der Waals surface area (Å²) in [4.78, 5) is 12.0. The van der Waals surface area contributed by atoms with Crippen molar-refractivity contribution in [1.29, 1.82) is 0 Å². The summed E-state index contributed by atoms with van der Waals surface area (Å²) < 4.78 is 40.0. The number of halogens is 1. The third kappa shape index (κ3) is 2.94. The van der Waals surface area contributed by atoms with Crippen molar-refractivity contribution in [3.05, 3.63) is 29.6 Å². The first-order valence-corrected chi connectivity index (χ1v) is 8.25. The van der Waals surface area contributed by atoms with Gasteiger partial charge >= 0.3 is 0 Å². The van der Waals surface area contributed by atoms with E-state index in [9.17, 15) is 17.6 Å². The molecule has 1 unspecified atom stereocenters. The number of aryl methyl sites for hydroxylation is 1. The maximum absolute atomic E-state index is 13.2. The lowest BCUT2D eigenvalue weighted by Crippen LogP contribution is -2.59. The lowest BCUT2D eigenvalue weighted by molar-refractivity contribution is -0.128. The van der Waals surface area contributed by atoms with Gasteiger partial charge in [-0.25, -0.2) is 12.8 Å². The van der Waals surface area contributed by atoms with Crippen LogP contribution in [0.1, 0.15) is 19.4 Å². The monoisotopic (exact) mass is 314 g/mol. The zero-order chi connectivity index (χ0) is 15.8. The molecule has 1 fully saturated rings. The Morgan fingerprint density at radius 3 is 2.62 bits per heavy atom. The van der Waals surface area contributed by atoms with E-state index in [1.165, 1.54) is 16.4 Å². The van der Waals surface area contributed by atoms with Crippen molar-refractivity contribution in [2.45, 2.75) is 31.7 Å². The van der Waals surface area contributed by atoms with Gasteiger partial charge in [-0.1, -0.05) is 13.8 Å². The van der Waals surface area contributed by atoms with E-state index in [1.54, 1.807) is 20.8 Å². The molecule has 116 valence electrons. The normalized spacial score (nSPS) is 20.6. The van der Waals surface area contributed by atoms with Crippen molar-refractivity contribution in [1.82, 2.24) is 9.62 Å². The number of amides is 1. The van der Waals surface area contributed by atoms with Crippen LogP contribution in [-0.4, -0.2) is 37.8 Å². The summed E-state index contributed by atoms with van der Waals surface area (Å²) >= 11 is 0. The first kappa shape index (κ1) is 15.9. The summed E-state index contributed by atoms with van der Waals surface area (Å²) in [5.74, 6) is -0.927. The van der Waals surface area contributed by atoms with E-state index < -0.39 is 21.9 Å². The van der Waals surface area contributed by atoms with Gasteiger partial charge in [-0.15, -0.1) is 0 Å². The zero-order valence-corrected chi connectivity index (χ0v) is 13.1. The van der Waals surface area contributed by atoms with Gasteiger partial charge in [-0.05, 0) is 36.6 Å². The van der Waals surface area contributed by atoms with Gasteiger partial charge in [0.1, 0.15) is 11.9 Å². The minimum absolute atomic E-state index is 0.0456. The molecular weight excluding hydrogens is 295 g/mol. The molecule has 0 saturated carbocycles. The number of carbonyl (C=O) groups is 1. The Bertz CT molecular complexity index is 658. The number of rotatable bonds is 3. The molecule has 1 aromatic rings. The summed E-state index contributed by atoms with van der Waals surface area (Å²) in [7, 11) is -3.83. The fourth-order valence-electron chi connectivity index (χ4n) is 2.60. The average molecular weight is 314 g/mol. The van der Waals surface area contributed by atoms with Gasteiger partial charge in [-0.3, -0.25) is 4.79 Å². The quantitative estimate of drug-likeness (QED) is 0.914. The van der Waals surface area contributed by atoms with Crippen LogP contribution in [0, 0.1) is 18.7 Å². The molecule has 21 heavy (non-hydrogen) atoms. The molecule has 1 aromatic carbocycles. The highest BCUT2D eigenvalue weighted by molar-refractivity contribution is 7.89. The predicted molar refractivity (Wildman–Crippen MR) is 76.7 cm³/mol. The minimum atomic E-state index is -3.83. The Hall–Kier alpha value is -1.47. The Balaban J connectivity index is 2.48. The molecule has 0 spiro atoms.